The van der Waals surface area contributed by atoms with Crippen LogP contribution in [0.15, 0.2) is 24.3 Å². The Labute approximate surface area is 99.2 Å². The fourth-order valence-electron chi connectivity index (χ4n) is 1.25. The molecule has 0 aliphatic rings. The van der Waals surface area contributed by atoms with Crippen LogP contribution in [0.3, 0.4) is 0 Å². The summed E-state index contributed by atoms with van der Waals surface area (Å²) >= 11 is 5.90. The molecule has 1 atom stereocenters. The SMILES string of the molecule is COCC(=O)NCC(O)c1ccccc1Cl. The highest BCUT2D eigenvalue weighted by Gasteiger charge is 2.11. The summed E-state index contributed by atoms with van der Waals surface area (Å²) in [5, 5.41) is 12.8. The molecular weight excluding hydrogens is 230 g/mol. The van der Waals surface area contributed by atoms with Crippen LogP contribution in [0.1, 0.15) is 11.7 Å². The number of hydrogen-bond acceptors (Lipinski definition) is 3. The third-order valence-electron chi connectivity index (χ3n) is 2.03. The van der Waals surface area contributed by atoms with Crippen LogP contribution in [0.4, 0.5) is 0 Å². The predicted molar refractivity (Wildman–Crippen MR) is 61.3 cm³/mol. The highest BCUT2D eigenvalue weighted by atomic mass is 35.5. The number of aliphatic hydroxyl groups is 1. The Bertz CT molecular complexity index is 357. The normalized spacial score (nSPS) is 12.2. The molecule has 0 saturated heterocycles. The van der Waals surface area contributed by atoms with Crippen molar-refractivity contribution in [1.82, 2.24) is 5.32 Å². The van der Waals surface area contributed by atoms with Gasteiger partial charge in [0.15, 0.2) is 0 Å². The van der Waals surface area contributed by atoms with Crippen molar-refractivity contribution in [2.75, 3.05) is 20.3 Å². The van der Waals surface area contributed by atoms with Gasteiger partial charge in [0.1, 0.15) is 6.61 Å². The Balaban J connectivity index is 2.50. The molecule has 4 nitrogen and oxygen atoms in total. The van der Waals surface area contributed by atoms with Gasteiger partial charge in [-0.3, -0.25) is 4.79 Å². The Hall–Kier alpha value is -1.10. The quantitative estimate of drug-likeness (QED) is 0.815. The van der Waals surface area contributed by atoms with Gasteiger partial charge in [-0.05, 0) is 6.07 Å². The van der Waals surface area contributed by atoms with E-state index in [1.807, 2.05) is 0 Å². The van der Waals surface area contributed by atoms with Crippen LogP contribution in [-0.2, 0) is 9.53 Å². The number of amides is 1. The summed E-state index contributed by atoms with van der Waals surface area (Å²) in [6, 6.07) is 6.97. The van der Waals surface area contributed by atoms with Gasteiger partial charge < -0.3 is 15.2 Å². The van der Waals surface area contributed by atoms with E-state index < -0.39 is 6.10 Å². The first kappa shape index (κ1) is 13.0. The number of benzene rings is 1. The van der Waals surface area contributed by atoms with Gasteiger partial charge in [-0.1, -0.05) is 29.8 Å². The number of ether oxygens (including phenoxy) is 1. The first-order valence-electron chi connectivity index (χ1n) is 4.83. The lowest BCUT2D eigenvalue weighted by atomic mass is 10.1. The lowest BCUT2D eigenvalue weighted by molar-refractivity contribution is -0.125. The van der Waals surface area contributed by atoms with Crippen molar-refractivity contribution in [3.8, 4) is 0 Å². The standard InChI is InChI=1S/C11H14ClNO3/c1-16-7-11(15)13-6-10(14)8-4-2-3-5-9(8)12/h2-5,10,14H,6-7H2,1H3,(H,13,15). The first-order chi connectivity index (χ1) is 7.65. The zero-order chi connectivity index (χ0) is 12.0. The Morgan fingerprint density at radius 3 is 2.88 bits per heavy atom. The minimum Gasteiger partial charge on any atom is -0.387 e. The van der Waals surface area contributed by atoms with E-state index in [9.17, 15) is 9.90 Å². The number of methoxy groups -OCH3 is 1. The molecule has 0 bridgehead atoms. The molecule has 0 spiro atoms. The van der Waals surface area contributed by atoms with E-state index >= 15 is 0 Å². The Morgan fingerprint density at radius 2 is 2.25 bits per heavy atom. The number of carbonyl (C=O) groups excluding carboxylic acids is 1. The molecule has 5 heteroatoms. The number of aliphatic hydroxyl groups excluding tert-OH is 1. The molecular formula is C11H14ClNO3. The number of halogens is 1. The molecule has 16 heavy (non-hydrogen) atoms. The maximum absolute atomic E-state index is 11.1. The second-order valence-corrected chi connectivity index (χ2v) is 3.68. The number of carbonyl (C=O) groups is 1. The largest absolute Gasteiger partial charge is 0.387 e. The Morgan fingerprint density at radius 1 is 1.56 bits per heavy atom. The Kier molecular flexibility index (Phi) is 5.25. The third kappa shape index (κ3) is 3.81. The first-order valence-corrected chi connectivity index (χ1v) is 5.21. The fourth-order valence-corrected chi connectivity index (χ4v) is 1.51. The molecule has 0 aliphatic heterocycles. The van der Waals surface area contributed by atoms with Gasteiger partial charge in [0, 0.05) is 24.2 Å². The van der Waals surface area contributed by atoms with Crippen molar-refractivity contribution in [1.29, 1.82) is 0 Å². The zero-order valence-corrected chi connectivity index (χ0v) is 9.70. The molecule has 0 heterocycles. The molecule has 0 fully saturated rings. The molecule has 0 saturated carbocycles. The van der Waals surface area contributed by atoms with Crippen LogP contribution < -0.4 is 5.32 Å². The maximum Gasteiger partial charge on any atom is 0.246 e. The van der Waals surface area contributed by atoms with E-state index in [0.717, 1.165) is 0 Å². The molecule has 1 aromatic rings. The van der Waals surface area contributed by atoms with Gasteiger partial charge >= 0.3 is 0 Å². The van der Waals surface area contributed by atoms with E-state index in [1.165, 1.54) is 7.11 Å². The lowest BCUT2D eigenvalue weighted by Crippen LogP contribution is -2.31. The van der Waals surface area contributed by atoms with Gasteiger partial charge in [0.2, 0.25) is 5.91 Å². The predicted octanol–water partition coefficient (Wildman–Crippen LogP) is 1.14. The van der Waals surface area contributed by atoms with E-state index in [4.69, 9.17) is 11.6 Å². The fraction of sp³-hybridized carbons (Fsp3) is 0.364. The lowest BCUT2D eigenvalue weighted by Gasteiger charge is -2.13. The number of hydrogen-bond donors (Lipinski definition) is 2. The van der Waals surface area contributed by atoms with Crippen molar-refractivity contribution in [2.45, 2.75) is 6.10 Å². The topological polar surface area (TPSA) is 58.6 Å². The molecule has 0 aliphatic carbocycles. The molecule has 1 amide bonds. The monoisotopic (exact) mass is 243 g/mol. The average Bonchev–Trinajstić information content (AvgIpc) is 2.27. The highest BCUT2D eigenvalue weighted by Crippen LogP contribution is 2.21. The second-order valence-electron chi connectivity index (χ2n) is 3.27. The van der Waals surface area contributed by atoms with Gasteiger partial charge in [-0.15, -0.1) is 0 Å². The van der Waals surface area contributed by atoms with Crippen molar-refractivity contribution in [3.05, 3.63) is 34.9 Å². The van der Waals surface area contributed by atoms with Crippen molar-refractivity contribution < 1.29 is 14.6 Å². The van der Waals surface area contributed by atoms with Gasteiger partial charge in [0.05, 0.1) is 6.10 Å². The summed E-state index contributed by atoms with van der Waals surface area (Å²) in [6.07, 6.45) is -0.811. The van der Waals surface area contributed by atoms with Crippen molar-refractivity contribution >= 4 is 17.5 Å². The summed E-state index contributed by atoms with van der Waals surface area (Å²) in [5.74, 6) is -0.270. The van der Waals surface area contributed by atoms with E-state index in [-0.39, 0.29) is 19.1 Å². The summed E-state index contributed by atoms with van der Waals surface area (Å²) in [6.45, 7) is 0.0984. The third-order valence-corrected chi connectivity index (χ3v) is 2.38. The molecule has 88 valence electrons. The zero-order valence-electron chi connectivity index (χ0n) is 8.94. The van der Waals surface area contributed by atoms with Crippen molar-refractivity contribution in [2.24, 2.45) is 0 Å². The van der Waals surface area contributed by atoms with E-state index in [2.05, 4.69) is 10.1 Å². The minimum absolute atomic E-state index is 0.0186. The van der Waals surface area contributed by atoms with Crippen LogP contribution in [0, 0.1) is 0 Å². The van der Waals surface area contributed by atoms with E-state index in [1.54, 1.807) is 24.3 Å². The summed E-state index contributed by atoms with van der Waals surface area (Å²) < 4.78 is 4.65. The molecule has 1 unspecified atom stereocenters. The summed E-state index contributed by atoms with van der Waals surface area (Å²) in [4.78, 5) is 11.1. The van der Waals surface area contributed by atoms with E-state index in [0.29, 0.717) is 10.6 Å². The van der Waals surface area contributed by atoms with Crippen LogP contribution in [-0.4, -0.2) is 31.3 Å². The van der Waals surface area contributed by atoms with Gasteiger partial charge in [-0.2, -0.15) is 0 Å². The summed E-state index contributed by atoms with van der Waals surface area (Å²) in [7, 11) is 1.43. The number of rotatable bonds is 5. The maximum atomic E-state index is 11.1. The van der Waals surface area contributed by atoms with Gasteiger partial charge in [0.25, 0.3) is 0 Å². The van der Waals surface area contributed by atoms with Gasteiger partial charge in [-0.25, -0.2) is 0 Å². The smallest absolute Gasteiger partial charge is 0.246 e. The van der Waals surface area contributed by atoms with Crippen LogP contribution in [0.2, 0.25) is 5.02 Å². The molecule has 1 rings (SSSR count). The summed E-state index contributed by atoms with van der Waals surface area (Å²) in [5.41, 5.74) is 0.599. The van der Waals surface area contributed by atoms with Crippen LogP contribution in [0.25, 0.3) is 0 Å². The van der Waals surface area contributed by atoms with Crippen LogP contribution in [0.5, 0.6) is 0 Å². The average molecular weight is 244 g/mol. The molecule has 1 aromatic carbocycles. The van der Waals surface area contributed by atoms with Crippen LogP contribution >= 0.6 is 11.6 Å². The molecule has 2 N–H and O–H groups in total. The van der Waals surface area contributed by atoms with Crippen molar-refractivity contribution in [3.63, 3.8) is 0 Å². The highest BCUT2D eigenvalue weighted by molar-refractivity contribution is 6.31. The molecule has 0 aromatic heterocycles. The second kappa shape index (κ2) is 6.48. The molecule has 0 radical (unpaired) electrons. The minimum atomic E-state index is -0.811. The number of nitrogens with one attached hydrogen (secondary N) is 1.